The number of hydrogen-bond acceptors (Lipinski definition) is 5. The molecular formula is C25H28FN3O2S. The van der Waals surface area contributed by atoms with E-state index in [1.54, 1.807) is 30.6 Å². The molecule has 4 rings (SSSR count). The first-order valence-corrected chi connectivity index (χ1v) is 11.7. The third-order valence-corrected chi connectivity index (χ3v) is 6.84. The van der Waals surface area contributed by atoms with Crippen molar-refractivity contribution in [2.45, 2.75) is 19.0 Å². The van der Waals surface area contributed by atoms with Crippen molar-refractivity contribution in [1.82, 2.24) is 10.2 Å². The number of carbonyl (C=O) groups is 1. The number of hydrogen-bond donors (Lipinski definition) is 1. The highest BCUT2D eigenvalue weighted by Gasteiger charge is 2.31. The van der Waals surface area contributed by atoms with Gasteiger partial charge in [-0.25, -0.2) is 4.39 Å². The number of halogens is 1. The minimum absolute atomic E-state index is 0.0607. The second-order valence-electron chi connectivity index (χ2n) is 7.95. The van der Waals surface area contributed by atoms with Crippen LogP contribution < -0.4 is 15.0 Å². The van der Waals surface area contributed by atoms with Gasteiger partial charge in [0, 0.05) is 48.3 Å². The zero-order chi connectivity index (χ0) is 22.5. The summed E-state index contributed by atoms with van der Waals surface area (Å²) in [5.41, 5.74) is 1.52. The maximum Gasteiger partial charge on any atom is 0.251 e. The zero-order valence-electron chi connectivity index (χ0n) is 18.3. The van der Waals surface area contributed by atoms with Crippen molar-refractivity contribution in [3.63, 3.8) is 0 Å². The highest BCUT2D eigenvalue weighted by molar-refractivity contribution is 7.10. The molecule has 0 unspecified atom stereocenters. The quantitative estimate of drug-likeness (QED) is 0.569. The molecule has 0 radical (unpaired) electrons. The number of ether oxygens (including phenoxy) is 1. The third kappa shape index (κ3) is 5.11. The fraction of sp³-hybridized carbons (Fsp3) is 0.320. The molecule has 168 valence electrons. The van der Waals surface area contributed by atoms with Gasteiger partial charge in [-0.1, -0.05) is 12.1 Å². The molecule has 2 atom stereocenters. The molecule has 1 saturated heterocycles. The van der Waals surface area contributed by atoms with E-state index in [4.69, 9.17) is 4.74 Å². The van der Waals surface area contributed by atoms with Gasteiger partial charge in [0.25, 0.3) is 5.91 Å². The molecule has 1 aliphatic heterocycles. The van der Waals surface area contributed by atoms with Gasteiger partial charge in [0.15, 0.2) is 0 Å². The average Bonchev–Trinajstić information content (AvgIpc) is 3.34. The molecule has 0 saturated carbocycles. The first-order valence-electron chi connectivity index (χ1n) is 10.8. The Balaban J connectivity index is 1.45. The molecule has 0 aliphatic carbocycles. The van der Waals surface area contributed by atoms with Crippen LogP contribution in [0.3, 0.4) is 0 Å². The summed E-state index contributed by atoms with van der Waals surface area (Å²) < 4.78 is 18.8. The standard InChI is InChI=1S/C25H28FN3O2S/c1-18(27-25(30)19-5-3-6-20(26)17-19)24(23-7-4-16-32-23)29-14-12-28(13-15-29)21-8-10-22(31-2)11-9-21/h3-11,16-18,24H,12-15H2,1-2H3,(H,27,30)/t18-,24+/m1/s1. The van der Waals surface area contributed by atoms with Crippen LogP contribution in [0.15, 0.2) is 66.0 Å². The molecule has 1 aromatic heterocycles. The maximum absolute atomic E-state index is 13.6. The van der Waals surface area contributed by atoms with E-state index >= 15 is 0 Å². The molecule has 1 amide bonds. The summed E-state index contributed by atoms with van der Waals surface area (Å²) in [5.74, 6) is 0.193. The van der Waals surface area contributed by atoms with Gasteiger partial charge in [-0.3, -0.25) is 9.69 Å². The molecule has 2 aromatic carbocycles. The minimum Gasteiger partial charge on any atom is -0.497 e. The van der Waals surface area contributed by atoms with Crippen LogP contribution in [0.5, 0.6) is 5.75 Å². The van der Waals surface area contributed by atoms with Crippen molar-refractivity contribution in [2.24, 2.45) is 0 Å². The lowest BCUT2D eigenvalue weighted by atomic mass is 10.0. The highest BCUT2D eigenvalue weighted by atomic mass is 32.1. The molecule has 1 aliphatic rings. The number of piperazine rings is 1. The van der Waals surface area contributed by atoms with E-state index in [0.29, 0.717) is 5.56 Å². The number of nitrogens with one attached hydrogen (secondary N) is 1. The summed E-state index contributed by atoms with van der Waals surface area (Å²) in [6.07, 6.45) is 0. The Morgan fingerprint density at radius 3 is 2.44 bits per heavy atom. The molecule has 3 aromatic rings. The summed E-state index contributed by atoms with van der Waals surface area (Å²) in [4.78, 5) is 18.8. The Bertz CT molecular complexity index is 1020. The number of benzene rings is 2. The molecule has 0 bridgehead atoms. The van der Waals surface area contributed by atoms with Gasteiger partial charge in [0.05, 0.1) is 13.2 Å². The number of thiophene rings is 1. The Hall–Kier alpha value is -2.90. The van der Waals surface area contributed by atoms with E-state index in [9.17, 15) is 9.18 Å². The van der Waals surface area contributed by atoms with Crippen LogP contribution in [0.2, 0.25) is 0 Å². The first-order chi connectivity index (χ1) is 15.5. The Kier molecular flexibility index (Phi) is 7.07. The van der Waals surface area contributed by atoms with Crippen molar-refractivity contribution in [3.05, 3.63) is 82.3 Å². The van der Waals surface area contributed by atoms with Crippen LogP contribution >= 0.6 is 11.3 Å². The van der Waals surface area contributed by atoms with Crippen LogP contribution in [0.4, 0.5) is 10.1 Å². The van der Waals surface area contributed by atoms with Crippen LogP contribution in [-0.4, -0.2) is 50.1 Å². The third-order valence-electron chi connectivity index (χ3n) is 5.90. The van der Waals surface area contributed by atoms with Gasteiger partial charge < -0.3 is 15.0 Å². The fourth-order valence-corrected chi connectivity index (χ4v) is 5.22. The number of methoxy groups -OCH3 is 1. The second kappa shape index (κ2) is 10.1. The summed E-state index contributed by atoms with van der Waals surface area (Å²) in [7, 11) is 1.67. The predicted octanol–water partition coefficient (Wildman–Crippen LogP) is 4.58. The van der Waals surface area contributed by atoms with Gasteiger partial charge in [0.1, 0.15) is 11.6 Å². The molecule has 1 N–H and O–H groups in total. The molecule has 32 heavy (non-hydrogen) atoms. The van der Waals surface area contributed by atoms with Crippen molar-refractivity contribution in [2.75, 3.05) is 38.2 Å². The smallest absolute Gasteiger partial charge is 0.251 e. The topological polar surface area (TPSA) is 44.8 Å². The van der Waals surface area contributed by atoms with Crippen molar-refractivity contribution >= 4 is 22.9 Å². The summed E-state index contributed by atoms with van der Waals surface area (Å²) in [5, 5.41) is 5.16. The molecule has 2 heterocycles. The Labute approximate surface area is 192 Å². The SMILES string of the molecule is COc1ccc(N2CCN([C@H](c3cccs3)[C@@H](C)NC(=O)c3cccc(F)c3)CC2)cc1. The van der Waals surface area contributed by atoms with Crippen molar-refractivity contribution < 1.29 is 13.9 Å². The monoisotopic (exact) mass is 453 g/mol. The molecule has 0 spiro atoms. The molecule has 5 nitrogen and oxygen atoms in total. The van der Waals surface area contributed by atoms with Gasteiger partial charge in [-0.05, 0) is 60.8 Å². The normalized spacial score (nSPS) is 16.4. The van der Waals surface area contributed by atoms with E-state index in [1.165, 1.54) is 22.7 Å². The lowest BCUT2D eigenvalue weighted by Crippen LogP contribution is -2.52. The van der Waals surface area contributed by atoms with Crippen LogP contribution in [0, 0.1) is 5.82 Å². The molecule has 7 heteroatoms. The van der Waals surface area contributed by atoms with E-state index in [0.717, 1.165) is 31.9 Å². The van der Waals surface area contributed by atoms with E-state index in [-0.39, 0.29) is 18.0 Å². The molecular weight excluding hydrogens is 425 g/mol. The lowest BCUT2D eigenvalue weighted by Gasteiger charge is -2.42. The Morgan fingerprint density at radius 1 is 1.06 bits per heavy atom. The predicted molar refractivity (Wildman–Crippen MR) is 127 cm³/mol. The average molecular weight is 454 g/mol. The summed E-state index contributed by atoms with van der Waals surface area (Å²) >= 11 is 1.70. The van der Waals surface area contributed by atoms with Crippen LogP contribution in [0.25, 0.3) is 0 Å². The van der Waals surface area contributed by atoms with Crippen LogP contribution in [0.1, 0.15) is 28.2 Å². The van der Waals surface area contributed by atoms with Gasteiger partial charge >= 0.3 is 0 Å². The second-order valence-corrected chi connectivity index (χ2v) is 8.93. The van der Waals surface area contributed by atoms with Gasteiger partial charge in [-0.2, -0.15) is 0 Å². The first kappa shape index (κ1) is 22.3. The van der Waals surface area contributed by atoms with Gasteiger partial charge in [0.2, 0.25) is 0 Å². The summed E-state index contributed by atoms with van der Waals surface area (Å²) in [6.45, 7) is 5.60. The van der Waals surface area contributed by atoms with E-state index < -0.39 is 5.82 Å². The van der Waals surface area contributed by atoms with Crippen molar-refractivity contribution in [3.8, 4) is 5.75 Å². The lowest BCUT2D eigenvalue weighted by molar-refractivity contribution is 0.0890. The van der Waals surface area contributed by atoms with E-state index in [1.807, 2.05) is 25.1 Å². The van der Waals surface area contributed by atoms with Crippen molar-refractivity contribution in [1.29, 1.82) is 0 Å². The number of carbonyl (C=O) groups excluding carboxylic acids is 1. The number of nitrogens with zero attached hydrogens (tertiary/aromatic N) is 2. The maximum atomic E-state index is 13.6. The van der Waals surface area contributed by atoms with E-state index in [2.05, 4.69) is 38.7 Å². The van der Waals surface area contributed by atoms with Gasteiger partial charge in [-0.15, -0.1) is 11.3 Å². The number of rotatable bonds is 7. The number of amides is 1. The zero-order valence-corrected chi connectivity index (χ0v) is 19.1. The molecule has 1 fully saturated rings. The minimum atomic E-state index is -0.408. The highest BCUT2D eigenvalue weighted by Crippen LogP contribution is 2.30. The largest absolute Gasteiger partial charge is 0.497 e. The fourth-order valence-electron chi connectivity index (χ4n) is 4.25. The Morgan fingerprint density at radius 2 is 1.81 bits per heavy atom. The van der Waals surface area contributed by atoms with Crippen LogP contribution in [-0.2, 0) is 0 Å². The number of anilines is 1. The summed E-state index contributed by atoms with van der Waals surface area (Å²) in [6, 6.07) is 18.1.